The largest absolute Gasteiger partial charge is 0.371 e. The third kappa shape index (κ3) is 2.72. The zero-order valence-corrected chi connectivity index (χ0v) is 13.7. The molecular formula is C12H20ClN3O3S. The number of aromatic nitrogens is 2. The van der Waals surface area contributed by atoms with Gasteiger partial charge in [0, 0.05) is 26.0 Å². The van der Waals surface area contributed by atoms with Gasteiger partial charge in [-0.1, -0.05) is 0 Å². The predicted octanol–water partition coefficient (Wildman–Crippen LogP) is 1.05. The van der Waals surface area contributed by atoms with Crippen LogP contribution in [0.15, 0.2) is 4.90 Å². The van der Waals surface area contributed by atoms with Crippen LogP contribution in [0.5, 0.6) is 0 Å². The van der Waals surface area contributed by atoms with Gasteiger partial charge in [0.05, 0.1) is 23.6 Å². The van der Waals surface area contributed by atoms with Crippen molar-refractivity contribution in [3.63, 3.8) is 0 Å². The Morgan fingerprint density at radius 2 is 2.05 bits per heavy atom. The molecule has 2 unspecified atom stereocenters. The van der Waals surface area contributed by atoms with Gasteiger partial charge in [0.1, 0.15) is 4.90 Å². The Labute approximate surface area is 124 Å². The third-order valence-electron chi connectivity index (χ3n) is 3.51. The van der Waals surface area contributed by atoms with Crippen molar-refractivity contribution in [3.8, 4) is 0 Å². The van der Waals surface area contributed by atoms with Crippen molar-refractivity contribution in [2.45, 2.75) is 37.9 Å². The molecule has 0 aromatic carbocycles. The molecule has 2 heterocycles. The molecule has 1 aliphatic heterocycles. The van der Waals surface area contributed by atoms with E-state index in [4.69, 9.17) is 16.3 Å². The number of halogens is 1. The predicted molar refractivity (Wildman–Crippen MR) is 76.5 cm³/mol. The Hall–Kier alpha value is -0.630. The fourth-order valence-corrected chi connectivity index (χ4v) is 4.66. The minimum absolute atomic E-state index is 0.167. The molecule has 0 amide bonds. The van der Waals surface area contributed by atoms with E-state index >= 15 is 0 Å². The lowest BCUT2D eigenvalue weighted by atomic mass is 10.3. The van der Waals surface area contributed by atoms with Crippen LogP contribution in [-0.2, 0) is 21.8 Å². The van der Waals surface area contributed by atoms with Crippen molar-refractivity contribution in [1.29, 1.82) is 0 Å². The SMILES string of the molecule is Cc1nn(C)c(C)c1S(=O)(=O)N1CC(C)OC(CCl)C1. The van der Waals surface area contributed by atoms with Crippen LogP contribution in [0.2, 0.25) is 0 Å². The van der Waals surface area contributed by atoms with Gasteiger partial charge in [0.2, 0.25) is 10.0 Å². The lowest BCUT2D eigenvalue weighted by molar-refractivity contribution is -0.0423. The van der Waals surface area contributed by atoms with E-state index in [9.17, 15) is 8.42 Å². The maximum Gasteiger partial charge on any atom is 0.246 e. The maximum absolute atomic E-state index is 12.8. The van der Waals surface area contributed by atoms with Crippen molar-refractivity contribution in [2.24, 2.45) is 7.05 Å². The van der Waals surface area contributed by atoms with Gasteiger partial charge in [-0.25, -0.2) is 8.42 Å². The van der Waals surface area contributed by atoms with Crippen LogP contribution in [0.4, 0.5) is 0 Å². The van der Waals surface area contributed by atoms with E-state index < -0.39 is 10.0 Å². The van der Waals surface area contributed by atoms with Crippen LogP contribution in [-0.4, -0.2) is 53.7 Å². The lowest BCUT2D eigenvalue weighted by Crippen LogP contribution is -2.49. The first-order chi connectivity index (χ1) is 9.27. The zero-order valence-electron chi connectivity index (χ0n) is 12.1. The molecule has 6 nitrogen and oxygen atoms in total. The normalized spacial score (nSPS) is 25.1. The highest BCUT2D eigenvalue weighted by Gasteiger charge is 2.36. The van der Waals surface area contributed by atoms with E-state index in [0.717, 1.165) is 0 Å². The number of rotatable bonds is 3. The average molecular weight is 322 g/mol. The van der Waals surface area contributed by atoms with Crippen LogP contribution in [0.1, 0.15) is 18.3 Å². The van der Waals surface area contributed by atoms with Crippen LogP contribution >= 0.6 is 11.6 Å². The third-order valence-corrected chi connectivity index (χ3v) is 5.93. The summed E-state index contributed by atoms with van der Waals surface area (Å²) in [7, 11) is -1.83. The summed E-state index contributed by atoms with van der Waals surface area (Å²) in [6.07, 6.45) is -0.438. The summed E-state index contributed by atoms with van der Waals surface area (Å²) in [6, 6.07) is 0. The van der Waals surface area contributed by atoms with Crippen molar-refractivity contribution < 1.29 is 13.2 Å². The van der Waals surface area contributed by atoms with E-state index in [1.54, 1.807) is 25.6 Å². The van der Waals surface area contributed by atoms with E-state index in [2.05, 4.69) is 5.10 Å². The quantitative estimate of drug-likeness (QED) is 0.781. The molecule has 0 N–H and O–H groups in total. The first-order valence-electron chi connectivity index (χ1n) is 6.49. The molecule has 2 atom stereocenters. The molecule has 1 aliphatic rings. The molecule has 0 radical (unpaired) electrons. The summed E-state index contributed by atoms with van der Waals surface area (Å²) >= 11 is 5.81. The second kappa shape index (κ2) is 5.63. The highest BCUT2D eigenvalue weighted by molar-refractivity contribution is 7.89. The highest BCUT2D eigenvalue weighted by Crippen LogP contribution is 2.26. The number of sulfonamides is 1. The Bertz CT molecular complexity index is 599. The van der Waals surface area contributed by atoms with E-state index in [-0.39, 0.29) is 24.6 Å². The number of aryl methyl sites for hydroxylation is 2. The topological polar surface area (TPSA) is 64.4 Å². The summed E-state index contributed by atoms with van der Waals surface area (Å²) in [5, 5.41) is 4.18. The first-order valence-corrected chi connectivity index (χ1v) is 8.46. The van der Waals surface area contributed by atoms with Gasteiger partial charge < -0.3 is 4.74 Å². The number of hydrogen-bond acceptors (Lipinski definition) is 4. The summed E-state index contributed by atoms with van der Waals surface area (Å²) in [5.41, 5.74) is 1.16. The van der Waals surface area contributed by atoms with Crippen molar-refractivity contribution in [3.05, 3.63) is 11.4 Å². The molecule has 0 saturated carbocycles. The average Bonchev–Trinajstić information content (AvgIpc) is 2.62. The Balaban J connectivity index is 2.39. The van der Waals surface area contributed by atoms with Gasteiger partial charge in [-0.15, -0.1) is 11.6 Å². The Morgan fingerprint density at radius 3 is 2.55 bits per heavy atom. The molecule has 114 valence electrons. The molecule has 1 aromatic rings. The van der Waals surface area contributed by atoms with E-state index in [1.165, 1.54) is 4.31 Å². The summed E-state index contributed by atoms with van der Waals surface area (Å²) < 4.78 is 34.3. The van der Waals surface area contributed by atoms with Crippen LogP contribution in [0, 0.1) is 13.8 Å². The smallest absolute Gasteiger partial charge is 0.246 e. The Morgan fingerprint density at radius 1 is 1.40 bits per heavy atom. The van der Waals surface area contributed by atoms with Gasteiger partial charge in [-0.3, -0.25) is 4.68 Å². The fourth-order valence-electron chi connectivity index (χ4n) is 2.54. The minimum atomic E-state index is -3.57. The molecule has 1 saturated heterocycles. The monoisotopic (exact) mass is 321 g/mol. The molecule has 0 bridgehead atoms. The minimum Gasteiger partial charge on any atom is -0.371 e. The van der Waals surface area contributed by atoms with Crippen molar-refractivity contribution in [1.82, 2.24) is 14.1 Å². The number of nitrogens with zero attached hydrogens (tertiary/aromatic N) is 3. The van der Waals surface area contributed by atoms with E-state index in [0.29, 0.717) is 22.8 Å². The van der Waals surface area contributed by atoms with Gasteiger partial charge in [-0.05, 0) is 20.8 Å². The molecule has 8 heteroatoms. The lowest BCUT2D eigenvalue weighted by Gasteiger charge is -2.35. The van der Waals surface area contributed by atoms with E-state index in [1.807, 2.05) is 6.92 Å². The van der Waals surface area contributed by atoms with Crippen LogP contribution in [0.3, 0.4) is 0 Å². The number of morpholine rings is 1. The molecule has 2 rings (SSSR count). The molecular weight excluding hydrogens is 302 g/mol. The van der Waals surface area contributed by atoms with Crippen LogP contribution < -0.4 is 0 Å². The Kier molecular flexibility index (Phi) is 4.44. The maximum atomic E-state index is 12.8. The molecule has 1 aromatic heterocycles. The summed E-state index contributed by atoms with van der Waals surface area (Å²) in [5.74, 6) is 0.279. The molecule has 0 aliphatic carbocycles. The van der Waals surface area contributed by atoms with Gasteiger partial charge in [-0.2, -0.15) is 9.40 Å². The highest BCUT2D eigenvalue weighted by atomic mass is 35.5. The summed E-state index contributed by atoms with van der Waals surface area (Å²) in [6.45, 7) is 5.94. The second-order valence-corrected chi connectivity index (χ2v) is 7.35. The van der Waals surface area contributed by atoms with Crippen molar-refractivity contribution in [2.75, 3.05) is 19.0 Å². The number of hydrogen-bond donors (Lipinski definition) is 0. The zero-order chi connectivity index (χ0) is 15.1. The molecule has 1 fully saturated rings. The van der Waals surface area contributed by atoms with Crippen LogP contribution in [0.25, 0.3) is 0 Å². The van der Waals surface area contributed by atoms with Gasteiger partial charge >= 0.3 is 0 Å². The van der Waals surface area contributed by atoms with Gasteiger partial charge in [0.25, 0.3) is 0 Å². The second-order valence-electron chi connectivity index (χ2n) is 5.17. The molecule has 20 heavy (non-hydrogen) atoms. The standard InChI is InChI=1S/C12H20ClN3O3S/c1-8-6-16(7-11(5-13)19-8)20(17,18)12-9(2)14-15(4)10(12)3/h8,11H,5-7H2,1-4H3. The van der Waals surface area contributed by atoms with Gasteiger partial charge in [0.15, 0.2) is 0 Å². The number of alkyl halides is 1. The number of ether oxygens (including phenoxy) is 1. The fraction of sp³-hybridized carbons (Fsp3) is 0.750. The first kappa shape index (κ1) is 15.8. The van der Waals surface area contributed by atoms with Crippen molar-refractivity contribution >= 4 is 21.6 Å². The summed E-state index contributed by atoms with van der Waals surface area (Å²) in [4.78, 5) is 0.294. The molecule has 0 spiro atoms.